The van der Waals surface area contributed by atoms with E-state index in [2.05, 4.69) is 10.3 Å². The fourth-order valence-corrected chi connectivity index (χ4v) is 5.39. The molecular formula is C16H17N3O4S2. The average molecular weight is 379 g/mol. The minimum atomic E-state index is -1.10. The molecule has 25 heavy (non-hydrogen) atoms. The van der Waals surface area contributed by atoms with Crippen LogP contribution >= 0.6 is 23.5 Å². The third-order valence-electron chi connectivity index (χ3n) is 4.18. The molecule has 0 spiro atoms. The molecule has 3 atom stereocenters. The van der Waals surface area contributed by atoms with Gasteiger partial charge in [0.25, 0.3) is 0 Å². The lowest BCUT2D eigenvalue weighted by Gasteiger charge is -2.53. The maximum atomic E-state index is 12.1. The first-order valence-corrected chi connectivity index (χ1v) is 9.52. The van der Waals surface area contributed by atoms with Crippen molar-refractivity contribution in [3.63, 3.8) is 0 Å². The Hall–Kier alpha value is -2.00. The number of nitrogens with one attached hydrogen (secondary N) is 1. The molecule has 1 aromatic heterocycles. The van der Waals surface area contributed by atoms with E-state index in [0.29, 0.717) is 12.2 Å². The number of hydrogen-bond donors (Lipinski definition) is 2. The molecule has 2 aliphatic rings. The van der Waals surface area contributed by atoms with E-state index in [9.17, 15) is 19.5 Å². The van der Waals surface area contributed by atoms with Crippen molar-refractivity contribution in [3.05, 3.63) is 35.0 Å². The number of carboxylic acids is 1. The maximum absolute atomic E-state index is 12.1. The Morgan fingerprint density at radius 3 is 3.00 bits per heavy atom. The summed E-state index contributed by atoms with van der Waals surface area (Å²) < 4.78 is -1.10. The largest absolute Gasteiger partial charge is 0.480 e. The number of aliphatic carboxylic acids is 1. The highest BCUT2D eigenvalue weighted by molar-refractivity contribution is 8.06. The molecule has 0 saturated carbocycles. The van der Waals surface area contributed by atoms with Crippen LogP contribution < -0.4 is 5.32 Å². The second-order valence-electron chi connectivity index (χ2n) is 5.88. The summed E-state index contributed by atoms with van der Waals surface area (Å²) in [6, 6.07) is 3.25. The molecule has 2 saturated heterocycles. The van der Waals surface area contributed by atoms with Crippen molar-refractivity contribution in [1.82, 2.24) is 15.2 Å². The molecule has 2 amide bonds. The van der Waals surface area contributed by atoms with Crippen molar-refractivity contribution in [2.75, 3.05) is 12.3 Å². The summed E-state index contributed by atoms with van der Waals surface area (Å²) in [6.45, 7) is 2.02. The van der Waals surface area contributed by atoms with Crippen molar-refractivity contribution >= 4 is 47.9 Å². The van der Waals surface area contributed by atoms with Crippen molar-refractivity contribution in [2.24, 2.45) is 0 Å². The number of rotatable bonds is 6. The van der Waals surface area contributed by atoms with Crippen molar-refractivity contribution < 1.29 is 19.5 Å². The first kappa shape index (κ1) is 17.8. The van der Waals surface area contributed by atoms with Crippen LogP contribution in [0.1, 0.15) is 11.3 Å². The molecule has 132 valence electrons. The molecule has 2 aliphatic heterocycles. The number of amides is 2. The van der Waals surface area contributed by atoms with Gasteiger partial charge in [-0.15, -0.1) is 23.5 Å². The van der Waals surface area contributed by atoms with E-state index in [1.807, 2.05) is 25.1 Å². The van der Waals surface area contributed by atoms with E-state index in [0.717, 1.165) is 11.3 Å². The number of hydrogen-bond acceptors (Lipinski definition) is 6. The zero-order chi connectivity index (χ0) is 18.0. The van der Waals surface area contributed by atoms with Crippen LogP contribution in [0, 0.1) is 6.92 Å². The van der Waals surface area contributed by atoms with Crippen LogP contribution in [0.4, 0.5) is 0 Å². The van der Waals surface area contributed by atoms with E-state index < -0.39 is 16.8 Å². The highest BCUT2D eigenvalue weighted by atomic mass is 32.2. The van der Waals surface area contributed by atoms with E-state index in [1.54, 1.807) is 11.6 Å². The van der Waals surface area contributed by atoms with Gasteiger partial charge in [-0.2, -0.15) is 0 Å². The van der Waals surface area contributed by atoms with Gasteiger partial charge < -0.3 is 15.3 Å². The van der Waals surface area contributed by atoms with Gasteiger partial charge in [-0.1, -0.05) is 6.07 Å². The van der Waals surface area contributed by atoms with Crippen LogP contribution in [0.2, 0.25) is 0 Å². The maximum Gasteiger partial charge on any atom is 0.322 e. The van der Waals surface area contributed by atoms with Crippen LogP contribution in [-0.2, 0) is 14.4 Å². The van der Waals surface area contributed by atoms with Gasteiger partial charge in [0, 0.05) is 24.2 Å². The van der Waals surface area contributed by atoms with E-state index in [4.69, 9.17) is 0 Å². The number of aromatic nitrogens is 1. The molecule has 0 bridgehead atoms. The quantitative estimate of drug-likeness (QED) is 0.561. The fourth-order valence-electron chi connectivity index (χ4n) is 2.72. The second-order valence-corrected chi connectivity index (χ2v) is 8.28. The Morgan fingerprint density at radius 2 is 2.36 bits per heavy atom. The van der Waals surface area contributed by atoms with Gasteiger partial charge in [0.05, 0.1) is 0 Å². The summed E-state index contributed by atoms with van der Waals surface area (Å²) in [5, 5.41) is 13.8. The number of aryl methyl sites for hydroxylation is 1. The lowest BCUT2D eigenvalue weighted by atomic mass is 10.0. The van der Waals surface area contributed by atoms with E-state index in [-0.39, 0.29) is 17.8 Å². The summed E-state index contributed by atoms with van der Waals surface area (Å²) in [7, 11) is 0. The lowest BCUT2D eigenvalue weighted by molar-refractivity contribution is -0.151. The summed E-state index contributed by atoms with van der Waals surface area (Å²) in [6.07, 6.45) is 4.04. The molecule has 3 heterocycles. The molecule has 2 unspecified atom stereocenters. The molecular weight excluding hydrogens is 362 g/mol. The Labute approximate surface area is 153 Å². The highest BCUT2D eigenvalue weighted by Gasteiger charge is 2.57. The number of carbonyl (C=O) groups is 3. The minimum Gasteiger partial charge on any atom is -0.480 e. The smallest absolute Gasteiger partial charge is 0.322 e. The predicted octanol–water partition coefficient (Wildman–Crippen LogP) is 0.947. The highest BCUT2D eigenvalue weighted by Crippen LogP contribution is 2.44. The van der Waals surface area contributed by atoms with Crippen LogP contribution in [0.15, 0.2) is 23.7 Å². The van der Waals surface area contributed by atoms with Crippen molar-refractivity contribution in [3.8, 4) is 0 Å². The molecule has 0 radical (unpaired) electrons. The predicted molar refractivity (Wildman–Crippen MR) is 96.9 cm³/mol. The third kappa shape index (κ3) is 3.38. The Kier molecular flexibility index (Phi) is 5.05. The first-order valence-electron chi connectivity index (χ1n) is 7.59. The van der Waals surface area contributed by atoms with Gasteiger partial charge in [-0.05, 0) is 30.0 Å². The van der Waals surface area contributed by atoms with Crippen molar-refractivity contribution in [2.45, 2.75) is 23.1 Å². The molecule has 2 N–H and O–H groups in total. The molecule has 1 aromatic rings. The topological polar surface area (TPSA) is 99.6 Å². The Balaban J connectivity index is 1.69. The molecule has 7 nitrogen and oxygen atoms in total. The summed E-state index contributed by atoms with van der Waals surface area (Å²) in [4.78, 5) is 40.2. The van der Waals surface area contributed by atoms with Crippen LogP contribution in [0.5, 0.6) is 0 Å². The van der Waals surface area contributed by atoms with E-state index in [1.165, 1.54) is 28.4 Å². The van der Waals surface area contributed by atoms with E-state index >= 15 is 0 Å². The number of carboxylic acid groups (broad SMARTS) is 1. The fraction of sp³-hybridized carbons (Fsp3) is 0.375. The van der Waals surface area contributed by atoms with Crippen LogP contribution in [0.3, 0.4) is 0 Å². The lowest BCUT2D eigenvalue weighted by Crippen LogP contribution is -2.73. The standard InChI is InChI=1S/C16H17N3O4S2/c1-10-2-3-11(6-17-10)4-5-25-16(15(22)23)7-19-13(21)12(18-9-20)14(19)24-8-16/h2-6,9,12,14H,7-8H2,1H3,(H,18,20)(H,22,23)/t12?,14-,16?/m1/s1. The molecule has 3 rings (SSSR count). The van der Waals surface area contributed by atoms with Crippen LogP contribution in [0.25, 0.3) is 6.08 Å². The van der Waals surface area contributed by atoms with Gasteiger partial charge >= 0.3 is 5.97 Å². The number of nitrogens with zero attached hydrogens (tertiary/aromatic N) is 2. The number of β-lactam (4-membered cyclic amide) rings is 1. The number of thioether (sulfide) groups is 2. The normalized spacial score (nSPS) is 28.4. The zero-order valence-corrected chi connectivity index (χ0v) is 15.0. The number of pyridine rings is 1. The SMILES string of the molecule is Cc1ccc(C=CSC2(C(=O)O)CS[C@@H]3C(NC=O)C(=O)N3C2)cn1. The molecule has 0 aromatic carbocycles. The second kappa shape index (κ2) is 7.09. The molecule has 9 heteroatoms. The summed E-state index contributed by atoms with van der Waals surface area (Å²) >= 11 is 2.58. The average Bonchev–Trinajstić information content (AvgIpc) is 2.61. The summed E-state index contributed by atoms with van der Waals surface area (Å²) in [5.74, 6) is -0.827. The van der Waals surface area contributed by atoms with Gasteiger partial charge in [0.1, 0.15) is 16.2 Å². The molecule has 0 aliphatic carbocycles. The monoisotopic (exact) mass is 379 g/mol. The third-order valence-corrected chi connectivity index (χ3v) is 7.06. The Bertz CT molecular complexity index is 725. The van der Waals surface area contributed by atoms with Gasteiger partial charge in [0.15, 0.2) is 0 Å². The minimum absolute atomic E-state index is 0.122. The van der Waals surface area contributed by atoms with Crippen molar-refractivity contribution in [1.29, 1.82) is 0 Å². The Morgan fingerprint density at radius 1 is 1.56 bits per heavy atom. The van der Waals surface area contributed by atoms with Gasteiger partial charge in [-0.3, -0.25) is 19.4 Å². The number of fused-ring (bicyclic) bond motifs is 1. The first-order chi connectivity index (χ1) is 12.0. The molecule has 2 fully saturated rings. The zero-order valence-electron chi connectivity index (χ0n) is 13.4. The van der Waals surface area contributed by atoms with Gasteiger partial charge in [-0.25, -0.2) is 0 Å². The number of carbonyl (C=O) groups excluding carboxylic acids is 2. The summed E-state index contributed by atoms with van der Waals surface area (Å²) in [5.41, 5.74) is 1.80. The van der Waals surface area contributed by atoms with Crippen LogP contribution in [-0.4, -0.2) is 61.7 Å². The van der Waals surface area contributed by atoms with Gasteiger partial charge in [0.2, 0.25) is 12.3 Å².